The molecule has 0 radical (unpaired) electrons. The van der Waals surface area contributed by atoms with E-state index in [4.69, 9.17) is 0 Å². The highest BCUT2D eigenvalue weighted by Gasteiger charge is 2.51. The molecule has 0 aromatic rings. The number of hydrogen-bond donors (Lipinski definition) is 4. The van der Waals surface area contributed by atoms with Crippen molar-refractivity contribution < 1.29 is 9.90 Å². The van der Waals surface area contributed by atoms with Crippen molar-refractivity contribution in [3.05, 3.63) is 0 Å². The van der Waals surface area contributed by atoms with E-state index in [0.29, 0.717) is 6.54 Å². The van der Waals surface area contributed by atoms with Crippen LogP contribution in [0, 0.1) is 17.8 Å². The second-order valence-electron chi connectivity index (χ2n) is 7.96. The zero-order valence-electron chi connectivity index (χ0n) is 13.0. The van der Waals surface area contributed by atoms with Crippen LogP contribution in [-0.4, -0.2) is 41.9 Å². The number of amides is 2. The lowest BCUT2D eigenvalue weighted by atomic mass is 9.53. The van der Waals surface area contributed by atoms with Crippen LogP contribution in [0.15, 0.2) is 0 Å². The van der Waals surface area contributed by atoms with Crippen molar-refractivity contribution in [2.75, 3.05) is 13.1 Å². The first-order chi connectivity index (χ1) is 10.1. The fourth-order valence-corrected chi connectivity index (χ4v) is 5.72. The van der Waals surface area contributed by atoms with Gasteiger partial charge in [0.2, 0.25) is 0 Å². The molecule has 1 saturated heterocycles. The number of urea groups is 1. The number of carbonyl (C=O) groups is 1. The van der Waals surface area contributed by atoms with E-state index in [1.807, 2.05) is 0 Å². The maximum absolute atomic E-state index is 12.4. The number of halogens is 1. The quantitative estimate of drug-likeness (QED) is 0.619. The predicted octanol–water partition coefficient (Wildman–Crippen LogP) is 1.40. The van der Waals surface area contributed by atoms with Gasteiger partial charge < -0.3 is 21.1 Å². The minimum Gasteiger partial charge on any atom is -0.390 e. The van der Waals surface area contributed by atoms with E-state index in [2.05, 4.69) is 16.0 Å². The lowest BCUT2D eigenvalue weighted by molar-refractivity contribution is -0.0141. The zero-order chi connectivity index (χ0) is 14.4. The largest absolute Gasteiger partial charge is 0.390 e. The number of aliphatic hydroxyl groups is 1. The van der Waals surface area contributed by atoms with Gasteiger partial charge in [-0.1, -0.05) is 0 Å². The van der Waals surface area contributed by atoms with E-state index in [9.17, 15) is 9.90 Å². The molecule has 5 fully saturated rings. The fourth-order valence-electron chi connectivity index (χ4n) is 5.72. The maximum atomic E-state index is 12.4. The second-order valence-corrected chi connectivity index (χ2v) is 7.96. The molecule has 22 heavy (non-hydrogen) atoms. The van der Waals surface area contributed by atoms with Crippen LogP contribution in [0.4, 0.5) is 4.79 Å². The standard InChI is InChI=1S/C16H27N3O2.ClH/c20-14-9-17-2-1-13(14)18-15(21)19-16-6-10-3-11(7-16)5-12(4-10)8-16;/h10-14,17,20H,1-9H2,(H2,18,19,21);1H/t10?,11?,12?,13-,14-,16?;/m1./s1. The summed E-state index contributed by atoms with van der Waals surface area (Å²) in [6, 6.07) is -0.178. The molecule has 1 aliphatic heterocycles. The summed E-state index contributed by atoms with van der Waals surface area (Å²) in [5.74, 6) is 2.50. The highest BCUT2D eigenvalue weighted by atomic mass is 35.5. The molecule has 2 atom stereocenters. The van der Waals surface area contributed by atoms with E-state index in [-0.39, 0.29) is 30.0 Å². The van der Waals surface area contributed by atoms with Gasteiger partial charge in [-0.25, -0.2) is 4.79 Å². The summed E-state index contributed by atoms with van der Waals surface area (Å²) in [4.78, 5) is 12.4. The summed E-state index contributed by atoms with van der Waals surface area (Å²) in [6.45, 7) is 1.43. The number of hydrogen-bond acceptors (Lipinski definition) is 3. The molecule has 4 aliphatic carbocycles. The van der Waals surface area contributed by atoms with Crippen molar-refractivity contribution in [2.45, 2.75) is 62.6 Å². The number of piperidine rings is 1. The molecule has 5 aliphatic rings. The molecule has 0 unspecified atom stereocenters. The van der Waals surface area contributed by atoms with Gasteiger partial charge in [-0.05, 0) is 69.2 Å². The maximum Gasteiger partial charge on any atom is 0.315 e. The SMILES string of the molecule is Cl.O=C(N[C@@H]1CCNC[C@H]1O)NC12CC3CC(CC(C3)C1)C2. The Kier molecular flexibility index (Phi) is 4.59. The van der Waals surface area contributed by atoms with Crippen molar-refractivity contribution >= 4 is 18.4 Å². The Morgan fingerprint density at radius 3 is 2.23 bits per heavy atom. The van der Waals surface area contributed by atoms with Crippen molar-refractivity contribution in [1.29, 1.82) is 0 Å². The van der Waals surface area contributed by atoms with Crippen LogP contribution >= 0.6 is 12.4 Å². The van der Waals surface area contributed by atoms with Gasteiger partial charge in [-0.2, -0.15) is 0 Å². The minimum atomic E-state index is -0.471. The Morgan fingerprint density at radius 2 is 1.68 bits per heavy atom. The minimum absolute atomic E-state index is 0. The van der Waals surface area contributed by atoms with Gasteiger partial charge in [-0.3, -0.25) is 0 Å². The molecule has 4 N–H and O–H groups in total. The summed E-state index contributed by atoms with van der Waals surface area (Å²) >= 11 is 0. The third kappa shape index (κ3) is 3.08. The number of rotatable bonds is 2. The molecule has 4 saturated carbocycles. The lowest BCUT2D eigenvalue weighted by Gasteiger charge is -2.56. The highest BCUT2D eigenvalue weighted by Crippen LogP contribution is 2.55. The first kappa shape index (κ1) is 16.3. The molecule has 1 heterocycles. The Bertz CT molecular complexity index is 396. The first-order valence-electron chi connectivity index (χ1n) is 8.59. The van der Waals surface area contributed by atoms with Crippen LogP contribution in [0.25, 0.3) is 0 Å². The monoisotopic (exact) mass is 329 g/mol. The van der Waals surface area contributed by atoms with Crippen LogP contribution in [-0.2, 0) is 0 Å². The summed E-state index contributed by atoms with van der Waals surface area (Å²) in [5, 5.41) is 19.4. The number of nitrogens with one attached hydrogen (secondary N) is 3. The topological polar surface area (TPSA) is 73.4 Å². The normalized spacial score (nSPS) is 46.0. The second kappa shape index (κ2) is 6.17. The number of β-amino-alcohol motifs (C(OH)–C–C–N with tert-alkyl or cyclic N) is 1. The van der Waals surface area contributed by atoms with Crippen molar-refractivity contribution in [1.82, 2.24) is 16.0 Å². The molecule has 126 valence electrons. The van der Waals surface area contributed by atoms with Crippen molar-refractivity contribution in [3.8, 4) is 0 Å². The van der Waals surface area contributed by atoms with Gasteiger partial charge in [-0.15, -0.1) is 12.4 Å². The summed E-state index contributed by atoms with van der Waals surface area (Å²) in [7, 11) is 0. The Morgan fingerprint density at radius 1 is 1.09 bits per heavy atom. The van der Waals surface area contributed by atoms with Crippen LogP contribution in [0.2, 0.25) is 0 Å². The smallest absolute Gasteiger partial charge is 0.315 e. The number of aliphatic hydroxyl groups excluding tert-OH is 1. The molecular formula is C16H28ClN3O2. The Balaban J connectivity index is 0.00000144. The predicted molar refractivity (Wildman–Crippen MR) is 87.1 cm³/mol. The van der Waals surface area contributed by atoms with Crippen LogP contribution in [0.3, 0.4) is 0 Å². The van der Waals surface area contributed by atoms with Crippen LogP contribution in [0.1, 0.15) is 44.9 Å². The Labute approximate surface area is 138 Å². The number of carbonyl (C=O) groups excluding carboxylic acids is 1. The molecule has 0 aromatic heterocycles. The lowest BCUT2D eigenvalue weighted by Crippen LogP contribution is -2.63. The zero-order valence-corrected chi connectivity index (χ0v) is 13.8. The highest BCUT2D eigenvalue weighted by molar-refractivity contribution is 5.85. The van der Waals surface area contributed by atoms with E-state index in [1.165, 1.54) is 38.5 Å². The van der Waals surface area contributed by atoms with Crippen LogP contribution in [0.5, 0.6) is 0 Å². The molecule has 2 amide bonds. The van der Waals surface area contributed by atoms with E-state index in [1.54, 1.807) is 0 Å². The fraction of sp³-hybridized carbons (Fsp3) is 0.938. The molecule has 4 bridgehead atoms. The first-order valence-corrected chi connectivity index (χ1v) is 8.59. The van der Waals surface area contributed by atoms with E-state index in [0.717, 1.165) is 30.7 Å². The average Bonchev–Trinajstić information content (AvgIpc) is 2.39. The van der Waals surface area contributed by atoms with E-state index < -0.39 is 6.10 Å². The third-order valence-electron chi connectivity index (χ3n) is 6.18. The molecular weight excluding hydrogens is 302 g/mol. The van der Waals surface area contributed by atoms with E-state index >= 15 is 0 Å². The van der Waals surface area contributed by atoms with Crippen molar-refractivity contribution in [2.24, 2.45) is 17.8 Å². The van der Waals surface area contributed by atoms with Gasteiger partial charge in [0.05, 0.1) is 12.1 Å². The van der Waals surface area contributed by atoms with Crippen LogP contribution < -0.4 is 16.0 Å². The summed E-state index contributed by atoms with van der Waals surface area (Å²) < 4.78 is 0. The molecule has 6 heteroatoms. The summed E-state index contributed by atoms with van der Waals surface area (Å²) in [5.41, 5.74) is 0.0523. The van der Waals surface area contributed by atoms with Gasteiger partial charge >= 0.3 is 6.03 Å². The van der Waals surface area contributed by atoms with Gasteiger partial charge in [0, 0.05) is 12.1 Å². The molecule has 5 nitrogen and oxygen atoms in total. The van der Waals surface area contributed by atoms with Crippen molar-refractivity contribution in [3.63, 3.8) is 0 Å². The average molecular weight is 330 g/mol. The Hall–Kier alpha value is -0.520. The molecule has 0 spiro atoms. The van der Waals surface area contributed by atoms with Gasteiger partial charge in [0.1, 0.15) is 0 Å². The van der Waals surface area contributed by atoms with Gasteiger partial charge in [0.15, 0.2) is 0 Å². The summed E-state index contributed by atoms with van der Waals surface area (Å²) in [6.07, 6.45) is 7.99. The van der Waals surface area contributed by atoms with Gasteiger partial charge in [0.25, 0.3) is 0 Å². The third-order valence-corrected chi connectivity index (χ3v) is 6.18. The molecule has 5 rings (SSSR count). The molecule has 0 aromatic carbocycles.